The van der Waals surface area contributed by atoms with E-state index in [0.29, 0.717) is 11.3 Å². The van der Waals surface area contributed by atoms with Crippen molar-refractivity contribution in [1.82, 2.24) is 4.72 Å². The number of hydrogen-bond acceptors (Lipinski definition) is 13. The van der Waals surface area contributed by atoms with E-state index in [0.717, 1.165) is 24.3 Å². The summed E-state index contributed by atoms with van der Waals surface area (Å²) >= 11 is 0. The molecule has 3 N–H and O–H groups in total. The van der Waals surface area contributed by atoms with Crippen molar-refractivity contribution in [3.8, 4) is 11.5 Å². The van der Waals surface area contributed by atoms with Crippen molar-refractivity contribution in [2.24, 2.45) is 10.7 Å². The maximum absolute atomic E-state index is 13.7. The van der Waals surface area contributed by atoms with Crippen LogP contribution < -0.4 is 19.9 Å². The number of benzene rings is 3. The van der Waals surface area contributed by atoms with E-state index in [4.69, 9.17) is 34.2 Å². The maximum Gasteiger partial charge on any atom is 0.437 e. The Labute approximate surface area is 308 Å². The summed E-state index contributed by atoms with van der Waals surface area (Å²) in [6, 6.07) is 18.8. The lowest BCUT2D eigenvalue weighted by Crippen LogP contribution is -2.43. The van der Waals surface area contributed by atoms with E-state index >= 15 is 0 Å². The van der Waals surface area contributed by atoms with Gasteiger partial charge in [-0.2, -0.15) is 4.99 Å². The van der Waals surface area contributed by atoms with E-state index < -0.39 is 46.0 Å². The van der Waals surface area contributed by atoms with Crippen molar-refractivity contribution in [3.05, 3.63) is 89.0 Å². The number of ether oxygens (including phenoxy) is 6. The van der Waals surface area contributed by atoms with Gasteiger partial charge in [0.15, 0.2) is 6.61 Å². The molecule has 0 bridgehead atoms. The normalized spacial score (nSPS) is 12.2. The maximum atomic E-state index is 13.7. The molecule has 0 saturated heterocycles. The van der Waals surface area contributed by atoms with E-state index in [1.54, 1.807) is 6.92 Å². The molecule has 1 unspecified atom stereocenters. The van der Waals surface area contributed by atoms with Crippen LogP contribution in [0.4, 0.5) is 4.79 Å². The van der Waals surface area contributed by atoms with Gasteiger partial charge in [-0.25, -0.2) is 27.5 Å². The van der Waals surface area contributed by atoms with E-state index in [1.807, 2.05) is 62.4 Å². The predicted octanol–water partition coefficient (Wildman–Crippen LogP) is 4.53. The van der Waals surface area contributed by atoms with Gasteiger partial charge in [-0.1, -0.05) is 56.3 Å². The average molecular weight is 756 g/mol. The summed E-state index contributed by atoms with van der Waals surface area (Å²) < 4.78 is 61.2. The zero-order chi connectivity index (χ0) is 39.2. The highest BCUT2D eigenvalue weighted by Gasteiger charge is 2.35. The highest BCUT2D eigenvalue weighted by molar-refractivity contribution is 7.89. The van der Waals surface area contributed by atoms with Gasteiger partial charge in [-0.15, -0.1) is 0 Å². The van der Waals surface area contributed by atoms with Gasteiger partial charge in [0.1, 0.15) is 23.0 Å². The van der Waals surface area contributed by atoms with Crippen LogP contribution in [0.1, 0.15) is 69.7 Å². The molecule has 1 amide bonds. The summed E-state index contributed by atoms with van der Waals surface area (Å²) in [6.07, 6.45) is -1.89. The molecule has 0 fully saturated rings. The number of amides is 1. The SMILES string of the molecule is CCOC(=O)COc1cc(C(C)C)ccc1CCNS(=O)(=O)c1cc(C=NC(=O)OC(N)OC(=O)C(C)(C)OC(C)=O)ccc1OCc1ccccc1. The van der Waals surface area contributed by atoms with Crippen LogP contribution in [0.3, 0.4) is 0 Å². The van der Waals surface area contributed by atoms with E-state index in [9.17, 15) is 27.6 Å². The van der Waals surface area contributed by atoms with Crippen LogP contribution in [0.15, 0.2) is 76.6 Å². The van der Waals surface area contributed by atoms with E-state index in [1.165, 1.54) is 32.0 Å². The Bertz CT molecular complexity index is 1880. The number of carbonyl (C=O) groups is 4. The minimum Gasteiger partial charge on any atom is -0.487 e. The lowest BCUT2D eigenvalue weighted by molar-refractivity contribution is -0.193. The lowest BCUT2D eigenvalue weighted by Gasteiger charge is -2.23. The molecule has 1 atom stereocenters. The average Bonchev–Trinajstić information content (AvgIpc) is 3.09. The fourth-order valence-corrected chi connectivity index (χ4v) is 5.82. The predicted molar refractivity (Wildman–Crippen MR) is 193 cm³/mol. The number of hydrogen-bond donors (Lipinski definition) is 2. The zero-order valence-corrected chi connectivity index (χ0v) is 31.3. The Balaban J connectivity index is 1.79. The van der Waals surface area contributed by atoms with Crippen molar-refractivity contribution < 1.29 is 56.0 Å². The number of nitrogens with zero attached hydrogens (tertiary/aromatic N) is 1. The first-order valence-corrected chi connectivity index (χ1v) is 18.1. The molecule has 0 aliphatic heterocycles. The minimum absolute atomic E-state index is 0.0325. The Morgan fingerprint density at radius 1 is 0.943 bits per heavy atom. The van der Waals surface area contributed by atoms with Crippen molar-refractivity contribution >= 4 is 40.2 Å². The molecule has 3 aromatic carbocycles. The topological polar surface area (TPSA) is 208 Å². The summed E-state index contributed by atoms with van der Waals surface area (Å²) in [7, 11) is -4.23. The quantitative estimate of drug-likeness (QED) is 0.0793. The van der Waals surface area contributed by atoms with Crippen LogP contribution in [0, 0.1) is 0 Å². The first-order valence-electron chi connectivity index (χ1n) is 16.6. The van der Waals surface area contributed by atoms with E-state index in [2.05, 4.69) is 9.71 Å². The molecule has 0 aliphatic rings. The highest BCUT2D eigenvalue weighted by atomic mass is 32.2. The third kappa shape index (κ3) is 13.6. The number of nitrogens with two attached hydrogens (primary N) is 1. The summed E-state index contributed by atoms with van der Waals surface area (Å²) in [4.78, 5) is 51.2. The molecule has 0 spiro atoms. The third-order valence-electron chi connectivity index (χ3n) is 7.24. The summed E-state index contributed by atoms with van der Waals surface area (Å²) in [6.45, 7) is 9.28. The minimum atomic E-state index is -4.23. The van der Waals surface area contributed by atoms with Gasteiger partial charge in [0.25, 0.3) is 0 Å². The van der Waals surface area contributed by atoms with Crippen molar-refractivity contribution in [1.29, 1.82) is 0 Å². The summed E-state index contributed by atoms with van der Waals surface area (Å²) in [5.41, 5.74) is 6.50. The van der Waals surface area contributed by atoms with Crippen molar-refractivity contribution in [2.75, 3.05) is 19.8 Å². The van der Waals surface area contributed by atoms with Crippen LogP contribution in [0.5, 0.6) is 11.5 Å². The number of sulfonamides is 1. The molecule has 286 valence electrons. The van der Waals surface area contributed by atoms with Gasteiger partial charge in [-0.3, -0.25) is 10.5 Å². The molecule has 53 heavy (non-hydrogen) atoms. The van der Waals surface area contributed by atoms with Gasteiger partial charge >= 0.3 is 30.4 Å². The van der Waals surface area contributed by atoms with Crippen molar-refractivity contribution in [3.63, 3.8) is 0 Å². The third-order valence-corrected chi connectivity index (χ3v) is 8.72. The van der Waals surface area contributed by atoms with Crippen LogP contribution in [-0.2, 0) is 56.4 Å². The highest BCUT2D eigenvalue weighted by Crippen LogP contribution is 2.28. The largest absolute Gasteiger partial charge is 0.487 e. The smallest absolute Gasteiger partial charge is 0.437 e. The molecule has 3 rings (SSSR count). The van der Waals surface area contributed by atoms with E-state index in [-0.39, 0.29) is 54.9 Å². The Morgan fingerprint density at radius 3 is 2.32 bits per heavy atom. The van der Waals surface area contributed by atoms with Gasteiger partial charge < -0.3 is 28.4 Å². The molecule has 0 radical (unpaired) electrons. The fraction of sp³-hybridized carbons (Fsp3) is 0.378. The standard InChI is InChI=1S/C37H45N3O12S/c1-7-47-33(42)23-49-31-20-29(24(2)3)15-14-28(31)17-18-40-53(45,46)32-19-27(13-16-30(32)48-22-26-11-9-8-10-12-26)21-39-36(44)51-35(38)50-34(43)37(5,6)52-25(4)41/h8-16,19-21,24,35,40H,7,17-18,22-23,38H2,1-6H3. The number of carbonyl (C=O) groups excluding carboxylic acids is 4. The Hall–Kier alpha value is -5.32. The first kappa shape index (κ1) is 42.1. The Kier molecular flexibility index (Phi) is 15.5. The summed E-state index contributed by atoms with van der Waals surface area (Å²) in [5.74, 6) is -1.69. The molecule has 0 heterocycles. The second kappa shape index (κ2) is 19.5. The lowest BCUT2D eigenvalue weighted by atomic mass is 10.00. The monoisotopic (exact) mass is 755 g/mol. The van der Waals surface area contributed by atoms with Crippen molar-refractivity contribution in [2.45, 2.75) is 77.4 Å². The first-order chi connectivity index (χ1) is 25.0. The van der Waals surface area contributed by atoms with Gasteiger partial charge in [0, 0.05) is 19.7 Å². The van der Waals surface area contributed by atoms with Gasteiger partial charge in [0.2, 0.25) is 15.6 Å². The van der Waals surface area contributed by atoms with Crippen LogP contribution in [0.25, 0.3) is 0 Å². The fourth-order valence-electron chi connectivity index (χ4n) is 4.61. The molecule has 3 aromatic rings. The Morgan fingerprint density at radius 2 is 1.66 bits per heavy atom. The zero-order valence-electron chi connectivity index (χ0n) is 30.5. The molecule has 0 aliphatic carbocycles. The molecule has 0 saturated carbocycles. The van der Waals surface area contributed by atoms with Crippen LogP contribution in [0.2, 0.25) is 0 Å². The second-order valence-electron chi connectivity index (χ2n) is 12.3. The molecular weight excluding hydrogens is 710 g/mol. The number of esters is 3. The number of rotatable bonds is 18. The molecule has 0 aromatic heterocycles. The second-order valence-corrected chi connectivity index (χ2v) is 14.0. The van der Waals surface area contributed by atoms with Crippen LogP contribution >= 0.6 is 0 Å². The molecule has 16 heteroatoms. The van der Waals surface area contributed by atoms with Gasteiger partial charge in [-0.05, 0) is 79.6 Å². The van der Waals surface area contributed by atoms with Gasteiger partial charge in [0.05, 0.1) is 6.61 Å². The van der Waals surface area contributed by atoms with Crippen LogP contribution in [-0.4, -0.2) is 70.4 Å². The molecular formula is C37H45N3O12S. The number of aliphatic imine (C=N–C) groups is 1. The summed E-state index contributed by atoms with van der Waals surface area (Å²) in [5, 5.41) is 0. The molecule has 15 nitrogen and oxygen atoms in total. The number of nitrogens with one attached hydrogen (secondary N) is 1.